The minimum absolute atomic E-state index is 0.110. The van der Waals surface area contributed by atoms with Crippen molar-refractivity contribution in [3.05, 3.63) is 12.4 Å². The van der Waals surface area contributed by atoms with Gasteiger partial charge in [0.05, 0.1) is 12.5 Å². The highest BCUT2D eigenvalue weighted by molar-refractivity contribution is 7.51. The van der Waals surface area contributed by atoms with E-state index in [0.717, 1.165) is 6.08 Å². The molecule has 0 aromatic rings. The second-order valence-corrected chi connectivity index (χ2v) is 2.90. The molecule has 0 radical (unpaired) electrons. The molecule has 0 aliphatic heterocycles. The number of allylic oxidation sites excluding steroid dienone is 1. The summed E-state index contributed by atoms with van der Waals surface area (Å²) in [6.07, 6.45) is 0.364. The number of rotatable bonds is 2. The van der Waals surface area contributed by atoms with Gasteiger partial charge in [-0.05, 0) is 6.08 Å². The average Bonchev–Trinajstić information content (AvgIpc) is 1.59. The molecule has 0 aliphatic rings. The standard InChI is InChI=1S/C3H6FO3P/c4-2-1-3-8(5,6)7/h1-2H,3H2,(H2,5,6,7). The molecule has 5 heteroatoms. The Bertz CT molecular complexity index is 126. The van der Waals surface area contributed by atoms with Crippen LogP contribution in [-0.4, -0.2) is 15.9 Å². The molecule has 0 amide bonds. The van der Waals surface area contributed by atoms with Gasteiger partial charge in [0.15, 0.2) is 0 Å². The second kappa shape index (κ2) is 2.97. The molecule has 0 aliphatic carbocycles. The van der Waals surface area contributed by atoms with Gasteiger partial charge in [0.2, 0.25) is 0 Å². The van der Waals surface area contributed by atoms with Gasteiger partial charge < -0.3 is 9.79 Å². The van der Waals surface area contributed by atoms with Crippen molar-refractivity contribution < 1.29 is 18.7 Å². The summed E-state index contributed by atoms with van der Waals surface area (Å²) in [6.45, 7) is 0. The topological polar surface area (TPSA) is 57.5 Å². The van der Waals surface area contributed by atoms with Gasteiger partial charge in [-0.15, -0.1) is 0 Å². The van der Waals surface area contributed by atoms with E-state index in [-0.39, 0.29) is 6.33 Å². The first-order chi connectivity index (χ1) is 3.56. The van der Waals surface area contributed by atoms with Crippen LogP contribution in [0.15, 0.2) is 12.4 Å². The monoisotopic (exact) mass is 140 g/mol. The first-order valence-corrected chi connectivity index (χ1v) is 3.66. The zero-order valence-electron chi connectivity index (χ0n) is 3.99. The van der Waals surface area contributed by atoms with Gasteiger partial charge in [-0.2, -0.15) is 0 Å². The van der Waals surface area contributed by atoms with Crippen molar-refractivity contribution in [1.82, 2.24) is 0 Å². The fraction of sp³-hybridized carbons (Fsp3) is 0.333. The van der Waals surface area contributed by atoms with Crippen LogP contribution < -0.4 is 0 Å². The molecule has 48 valence electrons. The van der Waals surface area contributed by atoms with E-state index < -0.39 is 13.8 Å². The normalized spacial score (nSPS) is 12.9. The molecule has 0 aromatic carbocycles. The lowest BCUT2D eigenvalue weighted by Gasteiger charge is -1.94. The van der Waals surface area contributed by atoms with E-state index in [1.165, 1.54) is 0 Å². The van der Waals surface area contributed by atoms with E-state index in [9.17, 15) is 8.96 Å². The SMILES string of the molecule is O=P(O)(O)CC=CF. The highest BCUT2D eigenvalue weighted by Gasteiger charge is 2.07. The van der Waals surface area contributed by atoms with E-state index in [0.29, 0.717) is 0 Å². The molecule has 8 heavy (non-hydrogen) atoms. The van der Waals surface area contributed by atoms with E-state index in [2.05, 4.69) is 0 Å². The van der Waals surface area contributed by atoms with Crippen molar-refractivity contribution in [2.75, 3.05) is 6.16 Å². The molecule has 0 rings (SSSR count). The van der Waals surface area contributed by atoms with Gasteiger partial charge >= 0.3 is 7.60 Å². The zero-order chi connectivity index (χ0) is 6.62. The van der Waals surface area contributed by atoms with Crippen molar-refractivity contribution in [1.29, 1.82) is 0 Å². The van der Waals surface area contributed by atoms with E-state index in [1.54, 1.807) is 0 Å². The molecule has 0 saturated heterocycles. The Morgan fingerprint density at radius 2 is 2.12 bits per heavy atom. The third kappa shape index (κ3) is 5.82. The van der Waals surface area contributed by atoms with Crippen LogP contribution in [0.2, 0.25) is 0 Å². The maximum atomic E-state index is 11.0. The maximum Gasteiger partial charge on any atom is 0.329 e. The highest BCUT2D eigenvalue weighted by atomic mass is 31.2. The summed E-state index contributed by atoms with van der Waals surface area (Å²) >= 11 is 0. The van der Waals surface area contributed by atoms with Gasteiger partial charge in [0, 0.05) is 0 Å². The summed E-state index contributed by atoms with van der Waals surface area (Å²) in [7, 11) is -4.01. The first kappa shape index (κ1) is 7.82. The molecular weight excluding hydrogens is 134 g/mol. The summed E-state index contributed by atoms with van der Waals surface area (Å²) in [5, 5.41) is 0. The molecule has 0 saturated carbocycles. The number of hydrogen-bond donors (Lipinski definition) is 2. The van der Waals surface area contributed by atoms with Gasteiger partial charge in [0.25, 0.3) is 0 Å². The minimum Gasteiger partial charge on any atom is -0.324 e. The van der Waals surface area contributed by atoms with E-state index >= 15 is 0 Å². The van der Waals surface area contributed by atoms with Crippen LogP contribution in [0.1, 0.15) is 0 Å². The van der Waals surface area contributed by atoms with Crippen LogP contribution in [-0.2, 0) is 4.57 Å². The van der Waals surface area contributed by atoms with Gasteiger partial charge in [0.1, 0.15) is 0 Å². The Labute approximate surface area is 46.0 Å². The molecule has 0 heterocycles. The highest BCUT2D eigenvalue weighted by Crippen LogP contribution is 2.33. The molecule has 0 unspecified atom stereocenters. The Morgan fingerprint density at radius 3 is 2.25 bits per heavy atom. The van der Waals surface area contributed by atoms with Gasteiger partial charge in [-0.3, -0.25) is 4.57 Å². The molecule has 3 nitrogen and oxygen atoms in total. The Balaban J connectivity index is 3.57. The fourth-order valence-electron chi connectivity index (χ4n) is 0.177. The minimum atomic E-state index is -4.01. The van der Waals surface area contributed by atoms with E-state index in [4.69, 9.17) is 9.79 Å². The largest absolute Gasteiger partial charge is 0.329 e. The predicted molar refractivity (Wildman–Crippen MR) is 27.2 cm³/mol. The number of halogens is 1. The third-order valence-corrected chi connectivity index (χ3v) is 1.12. The van der Waals surface area contributed by atoms with Crippen molar-refractivity contribution >= 4 is 7.60 Å². The molecule has 0 spiro atoms. The number of hydrogen-bond acceptors (Lipinski definition) is 1. The van der Waals surface area contributed by atoms with Crippen molar-refractivity contribution in [2.45, 2.75) is 0 Å². The summed E-state index contributed by atoms with van der Waals surface area (Å²) in [5.74, 6) is 0. The smallest absolute Gasteiger partial charge is 0.324 e. The molecular formula is C3H6FO3P. The van der Waals surface area contributed by atoms with Gasteiger partial charge in [-0.1, -0.05) is 0 Å². The van der Waals surface area contributed by atoms with Crippen LogP contribution in [0.4, 0.5) is 4.39 Å². The summed E-state index contributed by atoms with van der Waals surface area (Å²) in [6, 6.07) is 0. The average molecular weight is 140 g/mol. The molecule has 0 aromatic heterocycles. The summed E-state index contributed by atoms with van der Waals surface area (Å²) < 4.78 is 20.9. The summed E-state index contributed by atoms with van der Waals surface area (Å²) in [4.78, 5) is 16.1. The molecule has 0 fully saturated rings. The molecule has 0 bridgehead atoms. The maximum absolute atomic E-state index is 11.0. The lowest BCUT2D eigenvalue weighted by atomic mass is 10.7. The fourth-order valence-corrected chi connectivity index (χ4v) is 0.531. The molecule has 2 N–H and O–H groups in total. The van der Waals surface area contributed by atoms with Gasteiger partial charge in [-0.25, -0.2) is 4.39 Å². The lowest BCUT2D eigenvalue weighted by Crippen LogP contribution is -1.79. The van der Waals surface area contributed by atoms with Crippen molar-refractivity contribution in [2.24, 2.45) is 0 Å². The quantitative estimate of drug-likeness (QED) is 0.553. The first-order valence-electron chi connectivity index (χ1n) is 1.86. The van der Waals surface area contributed by atoms with Crippen molar-refractivity contribution in [3.63, 3.8) is 0 Å². The molecule has 0 atom stereocenters. The van der Waals surface area contributed by atoms with Crippen LogP contribution in [0.25, 0.3) is 0 Å². The Kier molecular flexibility index (Phi) is 2.90. The third-order valence-electron chi connectivity index (χ3n) is 0.432. The Hall–Kier alpha value is -0.180. The van der Waals surface area contributed by atoms with Crippen LogP contribution >= 0.6 is 7.60 Å². The van der Waals surface area contributed by atoms with Crippen LogP contribution in [0.3, 0.4) is 0 Å². The van der Waals surface area contributed by atoms with Crippen LogP contribution in [0.5, 0.6) is 0 Å². The lowest BCUT2D eigenvalue weighted by molar-refractivity contribution is 0.377. The van der Waals surface area contributed by atoms with Crippen molar-refractivity contribution in [3.8, 4) is 0 Å². The van der Waals surface area contributed by atoms with Crippen LogP contribution in [0, 0.1) is 0 Å². The zero-order valence-corrected chi connectivity index (χ0v) is 4.88. The summed E-state index contributed by atoms with van der Waals surface area (Å²) in [5.41, 5.74) is 0. The van der Waals surface area contributed by atoms with E-state index in [1.807, 2.05) is 0 Å². The second-order valence-electron chi connectivity index (χ2n) is 1.21. The Morgan fingerprint density at radius 1 is 1.62 bits per heavy atom. The predicted octanol–water partition coefficient (Wildman–Crippen LogP) is 0.647.